The van der Waals surface area contributed by atoms with Gasteiger partial charge in [0.25, 0.3) is 5.91 Å². The minimum absolute atomic E-state index is 0.0745. The van der Waals surface area contributed by atoms with Crippen LogP contribution in [0, 0.1) is 11.8 Å². The summed E-state index contributed by atoms with van der Waals surface area (Å²) in [5.74, 6) is 0.0430. The van der Waals surface area contributed by atoms with E-state index in [-0.39, 0.29) is 41.9 Å². The quantitative estimate of drug-likeness (QED) is 0.749. The molecule has 2 fully saturated rings. The molecule has 1 heterocycles. The third kappa shape index (κ3) is 4.41. The van der Waals surface area contributed by atoms with Crippen LogP contribution >= 0.6 is 0 Å². The number of carbonyl (C=O) groups is 2. The number of nitrogens with zero attached hydrogens (tertiary/aromatic N) is 1. The molecule has 3 unspecified atom stereocenters. The Kier molecular flexibility index (Phi) is 5.22. The average Bonchev–Trinajstić information content (AvgIpc) is 3.18. The first kappa shape index (κ1) is 16.2. The lowest BCUT2D eigenvalue weighted by Crippen LogP contribution is -2.59. The molecule has 2 amide bonds. The van der Waals surface area contributed by atoms with Crippen LogP contribution < -0.4 is 10.9 Å². The van der Waals surface area contributed by atoms with E-state index in [1.165, 1.54) is 0 Å². The van der Waals surface area contributed by atoms with Crippen molar-refractivity contribution in [3.05, 3.63) is 0 Å². The van der Waals surface area contributed by atoms with E-state index in [0.717, 1.165) is 25.9 Å². The molecule has 1 aliphatic carbocycles. The summed E-state index contributed by atoms with van der Waals surface area (Å²) in [5, 5.41) is 0. The molecular weight excluding hydrogens is 270 g/mol. The number of hydrogen-bond donors (Lipinski definition) is 2. The zero-order valence-corrected chi connectivity index (χ0v) is 13.4. The Morgan fingerprint density at radius 2 is 1.67 bits per heavy atom. The summed E-state index contributed by atoms with van der Waals surface area (Å²) in [6.45, 7) is 9.56. The van der Waals surface area contributed by atoms with Crippen molar-refractivity contribution in [3.63, 3.8) is 0 Å². The highest BCUT2D eigenvalue weighted by Crippen LogP contribution is 2.28. The molecule has 1 saturated carbocycles. The molecule has 3 atom stereocenters. The van der Waals surface area contributed by atoms with E-state index < -0.39 is 0 Å². The van der Waals surface area contributed by atoms with Crippen LogP contribution in [-0.2, 0) is 14.3 Å². The number of morpholine rings is 1. The monoisotopic (exact) mass is 297 g/mol. The molecule has 0 radical (unpaired) electrons. The zero-order valence-electron chi connectivity index (χ0n) is 13.4. The van der Waals surface area contributed by atoms with Crippen molar-refractivity contribution in [2.24, 2.45) is 11.8 Å². The predicted octanol–water partition coefficient (Wildman–Crippen LogP) is 0.678. The maximum absolute atomic E-state index is 12.4. The van der Waals surface area contributed by atoms with Crippen LogP contribution in [-0.4, -0.2) is 48.1 Å². The first-order valence-corrected chi connectivity index (χ1v) is 7.87. The molecule has 0 spiro atoms. The SMILES string of the molecule is CC1CN(C(C(=O)NNC(=O)C2CC2)C(C)C)CC(C)O1. The highest BCUT2D eigenvalue weighted by Gasteiger charge is 2.35. The largest absolute Gasteiger partial charge is 0.373 e. The van der Waals surface area contributed by atoms with Gasteiger partial charge in [-0.05, 0) is 32.6 Å². The standard InChI is InChI=1S/C15H27N3O3/c1-9(2)13(18-7-10(3)21-11(4)8-18)15(20)17-16-14(19)12-5-6-12/h9-13H,5-8H2,1-4H3,(H,16,19)(H,17,20). The van der Waals surface area contributed by atoms with E-state index in [4.69, 9.17) is 4.74 Å². The minimum Gasteiger partial charge on any atom is -0.373 e. The van der Waals surface area contributed by atoms with Gasteiger partial charge in [0, 0.05) is 19.0 Å². The molecule has 120 valence electrons. The lowest BCUT2D eigenvalue weighted by atomic mass is 10.00. The third-order valence-corrected chi connectivity index (χ3v) is 4.00. The van der Waals surface area contributed by atoms with Crippen molar-refractivity contribution in [3.8, 4) is 0 Å². The normalized spacial score (nSPS) is 28.2. The molecule has 21 heavy (non-hydrogen) atoms. The van der Waals surface area contributed by atoms with E-state index in [2.05, 4.69) is 15.8 Å². The molecule has 1 aliphatic heterocycles. The summed E-state index contributed by atoms with van der Waals surface area (Å²) in [4.78, 5) is 26.2. The maximum atomic E-state index is 12.4. The van der Waals surface area contributed by atoms with E-state index in [1.54, 1.807) is 0 Å². The molecule has 2 aliphatic rings. The van der Waals surface area contributed by atoms with E-state index in [9.17, 15) is 9.59 Å². The molecule has 0 aromatic rings. The highest BCUT2D eigenvalue weighted by atomic mass is 16.5. The van der Waals surface area contributed by atoms with Crippen LogP contribution in [0.5, 0.6) is 0 Å². The molecule has 2 rings (SSSR count). The van der Waals surface area contributed by atoms with Gasteiger partial charge in [-0.25, -0.2) is 0 Å². The van der Waals surface area contributed by atoms with E-state index in [1.807, 2.05) is 27.7 Å². The number of ether oxygens (including phenoxy) is 1. The molecule has 0 aromatic heterocycles. The summed E-state index contributed by atoms with van der Waals surface area (Å²) in [7, 11) is 0. The summed E-state index contributed by atoms with van der Waals surface area (Å²) in [5.41, 5.74) is 5.14. The van der Waals surface area contributed by atoms with Gasteiger partial charge in [0.2, 0.25) is 5.91 Å². The first-order chi connectivity index (χ1) is 9.88. The van der Waals surface area contributed by atoms with Crippen molar-refractivity contribution in [2.75, 3.05) is 13.1 Å². The Labute approximate surface area is 126 Å². The number of carbonyl (C=O) groups excluding carboxylic acids is 2. The number of amides is 2. The fourth-order valence-corrected chi connectivity index (χ4v) is 2.98. The summed E-state index contributed by atoms with van der Waals surface area (Å²) >= 11 is 0. The molecule has 1 saturated heterocycles. The lowest BCUT2D eigenvalue weighted by molar-refractivity contribution is -0.139. The molecule has 0 bridgehead atoms. The van der Waals surface area contributed by atoms with Gasteiger partial charge in [0.1, 0.15) is 0 Å². The Hall–Kier alpha value is -1.14. The van der Waals surface area contributed by atoms with Gasteiger partial charge in [0.15, 0.2) is 0 Å². The summed E-state index contributed by atoms with van der Waals surface area (Å²) in [6, 6.07) is -0.252. The Morgan fingerprint density at radius 3 is 2.14 bits per heavy atom. The number of hydrazine groups is 1. The second-order valence-corrected chi connectivity index (χ2v) is 6.65. The zero-order chi connectivity index (χ0) is 15.6. The lowest BCUT2D eigenvalue weighted by Gasteiger charge is -2.40. The second kappa shape index (κ2) is 6.75. The van der Waals surface area contributed by atoms with Crippen LogP contribution in [0.1, 0.15) is 40.5 Å². The van der Waals surface area contributed by atoms with Crippen LogP contribution in [0.3, 0.4) is 0 Å². The molecule has 6 nitrogen and oxygen atoms in total. The first-order valence-electron chi connectivity index (χ1n) is 7.87. The molecular formula is C15H27N3O3. The van der Waals surface area contributed by atoms with Gasteiger partial charge in [-0.3, -0.25) is 25.3 Å². The van der Waals surface area contributed by atoms with Crippen molar-refractivity contribution >= 4 is 11.8 Å². The van der Waals surface area contributed by atoms with Gasteiger partial charge in [-0.15, -0.1) is 0 Å². The molecule has 0 aromatic carbocycles. The number of nitrogens with one attached hydrogen (secondary N) is 2. The average molecular weight is 297 g/mol. The topological polar surface area (TPSA) is 70.7 Å². The fraction of sp³-hybridized carbons (Fsp3) is 0.867. The number of hydrogen-bond acceptors (Lipinski definition) is 4. The Bertz CT molecular complexity index is 386. The van der Waals surface area contributed by atoms with Crippen molar-refractivity contribution in [2.45, 2.75) is 58.8 Å². The third-order valence-electron chi connectivity index (χ3n) is 4.00. The molecule has 6 heteroatoms. The van der Waals surface area contributed by atoms with Gasteiger partial charge >= 0.3 is 0 Å². The van der Waals surface area contributed by atoms with E-state index in [0.29, 0.717) is 0 Å². The second-order valence-electron chi connectivity index (χ2n) is 6.65. The van der Waals surface area contributed by atoms with Gasteiger partial charge in [-0.1, -0.05) is 13.8 Å². The van der Waals surface area contributed by atoms with E-state index >= 15 is 0 Å². The number of rotatable bonds is 4. The fourth-order valence-electron chi connectivity index (χ4n) is 2.98. The summed E-state index contributed by atoms with van der Waals surface area (Å²) in [6.07, 6.45) is 2.08. The maximum Gasteiger partial charge on any atom is 0.255 e. The van der Waals surface area contributed by atoms with Crippen LogP contribution in [0.25, 0.3) is 0 Å². The van der Waals surface area contributed by atoms with Crippen molar-refractivity contribution in [1.82, 2.24) is 15.8 Å². The van der Waals surface area contributed by atoms with Crippen LogP contribution in [0.15, 0.2) is 0 Å². The van der Waals surface area contributed by atoms with Gasteiger partial charge in [-0.2, -0.15) is 0 Å². The molecule has 2 N–H and O–H groups in total. The van der Waals surface area contributed by atoms with Crippen molar-refractivity contribution in [1.29, 1.82) is 0 Å². The van der Waals surface area contributed by atoms with Crippen molar-refractivity contribution < 1.29 is 14.3 Å². The van der Waals surface area contributed by atoms with Gasteiger partial charge < -0.3 is 4.74 Å². The van der Waals surface area contributed by atoms with Crippen LogP contribution in [0.2, 0.25) is 0 Å². The minimum atomic E-state index is -0.252. The van der Waals surface area contributed by atoms with Gasteiger partial charge in [0.05, 0.1) is 18.2 Å². The Balaban J connectivity index is 1.93. The van der Waals surface area contributed by atoms with Crippen LogP contribution in [0.4, 0.5) is 0 Å². The smallest absolute Gasteiger partial charge is 0.255 e. The predicted molar refractivity (Wildman–Crippen MR) is 79.2 cm³/mol. The Morgan fingerprint density at radius 1 is 1.10 bits per heavy atom. The highest BCUT2D eigenvalue weighted by molar-refractivity contribution is 5.87. The summed E-state index contributed by atoms with van der Waals surface area (Å²) < 4.78 is 5.72.